The summed E-state index contributed by atoms with van der Waals surface area (Å²) in [6.07, 6.45) is 0. The molecular formula is C14H19N3O3S. The first kappa shape index (κ1) is 15.7. The highest BCUT2D eigenvalue weighted by Crippen LogP contribution is 2.19. The van der Waals surface area contributed by atoms with Crippen molar-refractivity contribution in [1.29, 1.82) is 0 Å². The fraction of sp³-hybridized carbons (Fsp3) is 0.357. The van der Waals surface area contributed by atoms with Crippen molar-refractivity contribution in [1.82, 2.24) is 9.71 Å². The Labute approximate surface area is 124 Å². The highest BCUT2D eigenvalue weighted by atomic mass is 32.2. The van der Waals surface area contributed by atoms with Gasteiger partial charge < -0.3 is 10.2 Å². The largest absolute Gasteiger partial charge is 0.444 e. The van der Waals surface area contributed by atoms with Gasteiger partial charge in [0.2, 0.25) is 15.9 Å². The second-order valence-corrected chi connectivity index (χ2v) is 6.55. The summed E-state index contributed by atoms with van der Waals surface area (Å²) in [5.41, 5.74) is 7.83. The minimum Gasteiger partial charge on any atom is -0.444 e. The lowest BCUT2D eigenvalue weighted by Gasteiger charge is -2.11. The molecule has 1 heterocycles. The summed E-state index contributed by atoms with van der Waals surface area (Å²) in [6, 6.07) is 5.06. The van der Waals surface area contributed by atoms with Crippen molar-refractivity contribution in [3.05, 3.63) is 46.7 Å². The van der Waals surface area contributed by atoms with E-state index in [1.165, 1.54) is 0 Å². The molecule has 2 aromatic rings. The van der Waals surface area contributed by atoms with Gasteiger partial charge in [-0.2, -0.15) is 0 Å². The van der Waals surface area contributed by atoms with Crippen molar-refractivity contribution in [2.24, 2.45) is 5.73 Å². The maximum atomic E-state index is 12.4. The molecule has 1 aromatic heterocycles. The molecule has 114 valence electrons. The number of nitrogens with one attached hydrogen (secondary N) is 1. The molecule has 0 spiro atoms. The molecule has 0 aliphatic rings. The van der Waals surface area contributed by atoms with Crippen molar-refractivity contribution in [3.63, 3.8) is 0 Å². The molecule has 3 N–H and O–H groups in total. The summed E-state index contributed by atoms with van der Waals surface area (Å²) in [4.78, 5) is 4.38. The van der Waals surface area contributed by atoms with Gasteiger partial charge in [-0.25, -0.2) is 18.1 Å². The second kappa shape index (κ2) is 5.97. The van der Waals surface area contributed by atoms with Gasteiger partial charge in [0.25, 0.3) is 0 Å². The first-order valence-corrected chi connectivity index (χ1v) is 8.04. The van der Waals surface area contributed by atoms with Crippen LogP contribution < -0.4 is 10.5 Å². The van der Waals surface area contributed by atoms with Gasteiger partial charge in [0.1, 0.15) is 5.76 Å². The number of nitrogens with zero attached hydrogens (tertiary/aromatic N) is 1. The van der Waals surface area contributed by atoms with Crippen LogP contribution in [-0.2, 0) is 23.1 Å². The number of hydrogen-bond donors (Lipinski definition) is 2. The monoisotopic (exact) mass is 309 g/mol. The number of nitrogens with two attached hydrogens (primary N) is 1. The smallest absolute Gasteiger partial charge is 0.241 e. The van der Waals surface area contributed by atoms with Crippen LogP contribution in [0.4, 0.5) is 0 Å². The van der Waals surface area contributed by atoms with E-state index in [2.05, 4.69) is 9.71 Å². The number of rotatable bonds is 5. The average Bonchev–Trinajstić information content (AvgIpc) is 2.76. The maximum absolute atomic E-state index is 12.4. The Balaban J connectivity index is 2.23. The van der Waals surface area contributed by atoms with Gasteiger partial charge in [0.05, 0.1) is 17.1 Å². The third-order valence-corrected chi connectivity index (χ3v) is 4.94. The molecule has 0 saturated heterocycles. The van der Waals surface area contributed by atoms with E-state index in [-0.39, 0.29) is 11.4 Å². The van der Waals surface area contributed by atoms with E-state index in [4.69, 9.17) is 10.2 Å². The lowest BCUT2D eigenvalue weighted by Crippen LogP contribution is -2.24. The minimum atomic E-state index is -3.63. The number of sulfonamides is 1. The highest BCUT2D eigenvalue weighted by Gasteiger charge is 2.19. The molecule has 2 rings (SSSR count). The van der Waals surface area contributed by atoms with Gasteiger partial charge in [-0.15, -0.1) is 0 Å². The standard InChI is InChI=1S/C14H19N3O3S/c1-9-12(7-15)5-4-6-13(9)21(18,19)16-8-14-17-10(2)11(3)20-14/h4-6,16H,7-8,15H2,1-3H3. The van der Waals surface area contributed by atoms with Crippen LogP contribution in [0.1, 0.15) is 28.5 Å². The summed E-state index contributed by atoms with van der Waals surface area (Å²) in [5.74, 6) is 1.03. The predicted molar refractivity (Wildman–Crippen MR) is 79.1 cm³/mol. The number of hydrogen-bond acceptors (Lipinski definition) is 5. The fourth-order valence-corrected chi connectivity index (χ4v) is 3.28. The molecule has 0 radical (unpaired) electrons. The first-order chi connectivity index (χ1) is 9.85. The Kier molecular flexibility index (Phi) is 4.46. The lowest BCUT2D eigenvalue weighted by atomic mass is 10.1. The van der Waals surface area contributed by atoms with Crippen LogP contribution >= 0.6 is 0 Å². The van der Waals surface area contributed by atoms with E-state index in [1.807, 2.05) is 13.0 Å². The normalized spacial score (nSPS) is 11.8. The molecule has 0 bridgehead atoms. The average molecular weight is 309 g/mol. The molecule has 0 fully saturated rings. The van der Waals surface area contributed by atoms with Crippen LogP contribution in [0.25, 0.3) is 0 Å². The summed E-state index contributed by atoms with van der Waals surface area (Å²) < 4.78 is 32.6. The van der Waals surface area contributed by atoms with E-state index < -0.39 is 10.0 Å². The molecule has 1 aromatic carbocycles. The molecule has 0 atom stereocenters. The second-order valence-electron chi connectivity index (χ2n) is 4.82. The molecule has 6 nitrogen and oxygen atoms in total. The van der Waals surface area contributed by atoms with Gasteiger partial charge in [-0.3, -0.25) is 0 Å². The molecule has 0 aliphatic heterocycles. The van der Waals surface area contributed by atoms with Gasteiger partial charge in [0.15, 0.2) is 0 Å². The minimum absolute atomic E-state index is 0.0172. The summed E-state index contributed by atoms with van der Waals surface area (Å²) in [7, 11) is -3.63. The number of aromatic nitrogens is 1. The van der Waals surface area contributed by atoms with Crippen molar-refractivity contribution < 1.29 is 12.8 Å². The van der Waals surface area contributed by atoms with Gasteiger partial charge in [-0.05, 0) is 38.0 Å². The molecule has 21 heavy (non-hydrogen) atoms. The third kappa shape index (κ3) is 3.31. The van der Waals surface area contributed by atoms with E-state index in [1.54, 1.807) is 26.0 Å². The Bertz CT molecular complexity index is 731. The van der Waals surface area contributed by atoms with Gasteiger partial charge in [-0.1, -0.05) is 12.1 Å². The topological polar surface area (TPSA) is 98.2 Å². The van der Waals surface area contributed by atoms with Crippen LogP contribution in [0.5, 0.6) is 0 Å². The van der Waals surface area contributed by atoms with E-state index in [0.29, 0.717) is 23.8 Å². The predicted octanol–water partition coefficient (Wildman–Crippen LogP) is 1.54. The number of benzene rings is 1. The zero-order chi connectivity index (χ0) is 15.6. The SMILES string of the molecule is Cc1nc(CNS(=O)(=O)c2cccc(CN)c2C)oc1C. The molecular weight excluding hydrogens is 290 g/mol. The van der Waals surface area contributed by atoms with E-state index >= 15 is 0 Å². The Hall–Kier alpha value is -1.70. The Morgan fingerprint density at radius 1 is 1.29 bits per heavy atom. The Morgan fingerprint density at radius 3 is 2.57 bits per heavy atom. The first-order valence-electron chi connectivity index (χ1n) is 6.56. The van der Waals surface area contributed by atoms with Crippen molar-refractivity contribution >= 4 is 10.0 Å². The molecule has 0 amide bonds. The zero-order valence-electron chi connectivity index (χ0n) is 12.3. The summed E-state index contributed by atoms with van der Waals surface area (Å²) >= 11 is 0. The van der Waals surface area contributed by atoms with Gasteiger partial charge >= 0.3 is 0 Å². The highest BCUT2D eigenvalue weighted by molar-refractivity contribution is 7.89. The summed E-state index contributed by atoms with van der Waals surface area (Å²) in [5, 5.41) is 0. The molecule has 7 heteroatoms. The van der Waals surface area contributed by atoms with E-state index in [9.17, 15) is 8.42 Å². The quantitative estimate of drug-likeness (QED) is 0.873. The number of aryl methyl sites for hydroxylation is 2. The summed E-state index contributed by atoms with van der Waals surface area (Å²) in [6.45, 7) is 5.66. The molecule has 0 saturated carbocycles. The molecule has 0 unspecified atom stereocenters. The van der Waals surface area contributed by atoms with Crippen LogP contribution in [0, 0.1) is 20.8 Å². The van der Waals surface area contributed by atoms with Crippen molar-refractivity contribution in [2.45, 2.75) is 38.8 Å². The van der Waals surface area contributed by atoms with Crippen LogP contribution in [0.15, 0.2) is 27.5 Å². The van der Waals surface area contributed by atoms with Crippen LogP contribution in [0.2, 0.25) is 0 Å². The van der Waals surface area contributed by atoms with E-state index in [0.717, 1.165) is 11.3 Å². The van der Waals surface area contributed by atoms with Crippen LogP contribution in [0.3, 0.4) is 0 Å². The van der Waals surface area contributed by atoms with Crippen molar-refractivity contribution in [2.75, 3.05) is 0 Å². The van der Waals surface area contributed by atoms with Crippen molar-refractivity contribution in [3.8, 4) is 0 Å². The van der Waals surface area contributed by atoms with Crippen LogP contribution in [-0.4, -0.2) is 13.4 Å². The number of oxazole rings is 1. The lowest BCUT2D eigenvalue weighted by molar-refractivity contribution is 0.463. The third-order valence-electron chi connectivity index (χ3n) is 3.39. The maximum Gasteiger partial charge on any atom is 0.241 e. The fourth-order valence-electron chi connectivity index (χ4n) is 2.02. The Morgan fingerprint density at radius 2 is 2.00 bits per heavy atom. The molecule has 0 aliphatic carbocycles. The zero-order valence-corrected chi connectivity index (χ0v) is 13.1. The van der Waals surface area contributed by atoms with Gasteiger partial charge in [0, 0.05) is 6.54 Å².